The van der Waals surface area contributed by atoms with Gasteiger partial charge < -0.3 is 10.1 Å². The molecule has 1 aromatic heterocycles. The third kappa shape index (κ3) is 5.01. The first-order valence-electron chi connectivity index (χ1n) is 8.04. The van der Waals surface area contributed by atoms with Gasteiger partial charge in [-0.2, -0.15) is 0 Å². The van der Waals surface area contributed by atoms with Gasteiger partial charge in [0.2, 0.25) is 11.8 Å². The van der Waals surface area contributed by atoms with Crippen molar-refractivity contribution in [1.29, 1.82) is 0 Å². The van der Waals surface area contributed by atoms with Crippen molar-refractivity contribution in [3.05, 3.63) is 89.9 Å². The molecule has 3 aromatic rings. The number of aryl methyl sites for hydroxylation is 1. The number of amides is 1. The zero-order valence-corrected chi connectivity index (χ0v) is 14.1. The van der Waals surface area contributed by atoms with Crippen LogP contribution in [-0.2, 0) is 4.79 Å². The highest BCUT2D eigenvalue weighted by Crippen LogP contribution is 2.20. The van der Waals surface area contributed by atoms with E-state index in [1.54, 1.807) is 30.3 Å². The van der Waals surface area contributed by atoms with E-state index in [4.69, 9.17) is 4.74 Å². The van der Waals surface area contributed by atoms with Crippen molar-refractivity contribution >= 4 is 17.7 Å². The maximum Gasteiger partial charge on any atom is 0.248 e. The maximum absolute atomic E-state index is 12.8. The fourth-order valence-corrected chi connectivity index (χ4v) is 2.17. The summed E-state index contributed by atoms with van der Waals surface area (Å²) in [5.74, 6) is 0.518. The zero-order chi connectivity index (χ0) is 18.4. The van der Waals surface area contributed by atoms with Crippen LogP contribution in [0.3, 0.4) is 0 Å². The fraction of sp³-hybridized carbons (Fsp3) is 0.0476. The van der Waals surface area contributed by atoms with E-state index in [2.05, 4.69) is 10.3 Å². The Morgan fingerprint density at radius 3 is 2.42 bits per heavy atom. The zero-order valence-electron chi connectivity index (χ0n) is 14.1. The summed E-state index contributed by atoms with van der Waals surface area (Å²) in [5.41, 5.74) is 2.44. The predicted octanol–water partition coefficient (Wildman–Crippen LogP) is 4.97. The van der Waals surface area contributed by atoms with E-state index in [1.807, 2.05) is 31.2 Å². The third-order valence-electron chi connectivity index (χ3n) is 3.54. The van der Waals surface area contributed by atoms with Crippen molar-refractivity contribution in [1.82, 2.24) is 4.98 Å². The molecule has 0 saturated heterocycles. The van der Waals surface area contributed by atoms with Crippen LogP contribution in [0.2, 0.25) is 0 Å². The Morgan fingerprint density at radius 2 is 1.77 bits per heavy atom. The summed E-state index contributed by atoms with van der Waals surface area (Å²) in [6.07, 6.45) is 4.51. The molecule has 130 valence electrons. The number of rotatable bonds is 5. The van der Waals surface area contributed by atoms with Crippen LogP contribution in [0.5, 0.6) is 11.6 Å². The Labute approximate surface area is 151 Å². The molecule has 0 bridgehead atoms. The summed E-state index contributed by atoms with van der Waals surface area (Å²) >= 11 is 0. The number of carbonyl (C=O) groups is 1. The molecule has 2 aromatic carbocycles. The molecule has 5 heteroatoms. The van der Waals surface area contributed by atoms with Gasteiger partial charge in [0.15, 0.2) is 0 Å². The summed E-state index contributed by atoms with van der Waals surface area (Å²) in [7, 11) is 0. The lowest BCUT2D eigenvalue weighted by Crippen LogP contribution is -2.07. The fourth-order valence-electron chi connectivity index (χ4n) is 2.17. The number of nitrogens with zero attached hydrogens (tertiary/aromatic N) is 1. The second kappa shape index (κ2) is 8.07. The summed E-state index contributed by atoms with van der Waals surface area (Å²) in [6.45, 7) is 2.00. The molecule has 0 aliphatic carbocycles. The molecule has 3 rings (SSSR count). The van der Waals surface area contributed by atoms with E-state index in [9.17, 15) is 9.18 Å². The standard InChI is InChI=1S/C21H17FN2O2/c1-15-2-10-19(11-3-15)26-21-13-9-18(14-23-21)24-20(25)12-6-16-4-7-17(22)8-5-16/h2-14H,1H3,(H,24,25)/b12-6+. The summed E-state index contributed by atoms with van der Waals surface area (Å²) in [4.78, 5) is 16.1. The monoisotopic (exact) mass is 348 g/mol. The molecule has 1 N–H and O–H groups in total. The van der Waals surface area contributed by atoms with Crippen molar-refractivity contribution in [2.24, 2.45) is 0 Å². The van der Waals surface area contributed by atoms with E-state index < -0.39 is 0 Å². The van der Waals surface area contributed by atoms with Gasteiger partial charge in [0, 0.05) is 12.1 Å². The van der Waals surface area contributed by atoms with Crippen LogP contribution in [0.25, 0.3) is 6.08 Å². The van der Waals surface area contributed by atoms with Crippen molar-refractivity contribution in [2.45, 2.75) is 6.92 Å². The van der Waals surface area contributed by atoms with E-state index in [-0.39, 0.29) is 11.7 Å². The molecular formula is C21H17FN2O2. The number of carbonyl (C=O) groups excluding carboxylic acids is 1. The molecule has 0 spiro atoms. The van der Waals surface area contributed by atoms with Crippen LogP contribution < -0.4 is 10.1 Å². The Hall–Kier alpha value is -3.47. The van der Waals surface area contributed by atoms with E-state index in [0.29, 0.717) is 17.3 Å². The SMILES string of the molecule is Cc1ccc(Oc2ccc(NC(=O)/C=C/c3ccc(F)cc3)cn2)cc1. The second-order valence-electron chi connectivity index (χ2n) is 5.67. The van der Waals surface area contributed by atoms with Gasteiger partial charge in [-0.15, -0.1) is 0 Å². The predicted molar refractivity (Wildman–Crippen MR) is 99.6 cm³/mol. The van der Waals surface area contributed by atoms with Crippen LogP contribution in [-0.4, -0.2) is 10.9 Å². The average molecular weight is 348 g/mol. The minimum atomic E-state index is -0.314. The first-order valence-corrected chi connectivity index (χ1v) is 8.04. The van der Waals surface area contributed by atoms with E-state index >= 15 is 0 Å². The number of benzene rings is 2. The number of hydrogen-bond donors (Lipinski definition) is 1. The van der Waals surface area contributed by atoms with Gasteiger partial charge in [0.1, 0.15) is 11.6 Å². The second-order valence-corrected chi connectivity index (χ2v) is 5.67. The number of nitrogens with one attached hydrogen (secondary N) is 1. The molecule has 0 aliphatic rings. The lowest BCUT2D eigenvalue weighted by Gasteiger charge is -2.06. The van der Waals surface area contributed by atoms with Gasteiger partial charge in [0.25, 0.3) is 0 Å². The summed E-state index contributed by atoms with van der Waals surface area (Å²) in [6, 6.07) is 16.9. The van der Waals surface area contributed by atoms with Gasteiger partial charge in [-0.25, -0.2) is 9.37 Å². The third-order valence-corrected chi connectivity index (χ3v) is 3.54. The van der Waals surface area contributed by atoms with Crippen LogP contribution >= 0.6 is 0 Å². The molecule has 4 nitrogen and oxygen atoms in total. The van der Waals surface area contributed by atoms with Gasteiger partial charge in [0.05, 0.1) is 11.9 Å². The van der Waals surface area contributed by atoms with Crippen molar-refractivity contribution in [3.8, 4) is 11.6 Å². The maximum atomic E-state index is 12.8. The molecule has 0 unspecified atom stereocenters. The molecule has 0 fully saturated rings. The summed E-state index contributed by atoms with van der Waals surface area (Å²) < 4.78 is 18.5. The molecule has 0 radical (unpaired) electrons. The minimum Gasteiger partial charge on any atom is -0.439 e. The van der Waals surface area contributed by atoms with Gasteiger partial charge in [-0.05, 0) is 48.9 Å². The topological polar surface area (TPSA) is 51.2 Å². The Bertz CT molecular complexity index is 902. The van der Waals surface area contributed by atoms with Gasteiger partial charge >= 0.3 is 0 Å². The van der Waals surface area contributed by atoms with Gasteiger partial charge in [-0.1, -0.05) is 29.8 Å². The molecule has 26 heavy (non-hydrogen) atoms. The van der Waals surface area contributed by atoms with Crippen LogP contribution in [0.1, 0.15) is 11.1 Å². The minimum absolute atomic E-state index is 0.302. The molecule has 1 amide bonds. The molecule has 0 saturated carbocycles. The van der Waals surface area contributed by atoms with Crippen LogP contribution in [0.15, 0.2) is 72.9 Å². The molecular weight excluding hydrogens is 331 g/mol. The van der Waals surface area contributed by atoms with Crippen molar-refractivity contribution in [3.63, 3.8) is 0 Å². The Balaban J connectivity index is 1.57. The first-order chi connectivity index (χ1) is 12.6. The van der Waals surface area contributed by atoms with E-state index in [1.165, 1.54) is 24.4 Å². The highest BCUT2D eigenvalue weighted by Gasteiger charge is 2.02. The van der Waals surface area contributed by atoms with Crippen LogP contribution in [0, 0.1) is 12.7 Å². The number of anilines is 1. The number of hydrogen-bond acceptors (Lipinski definition) is 3. The van der Waals surface area contributed by atoms with Crippen molar-refractivity contribution in [2.75, 3.05) is 5.32 Å². The summed E-state index contributed by atoms with van der Waals surface area (Å²) in [5, 5.41) is 2.70. The molecule has 0 atom stereocenters. The quantitative estimate of drug-likeness (QED) is 0.662. The van der Waals surface area contributed by atoms with Crippen molar-refractivity contribution < 1.29 is 13.9 Å². The number of ether oxygens (including phenoxy) is 1. The van der Waals surface area contributed by atoms with Gasteiger partial charge in [-0.3, -0.25) is 4.79 Å². The number of halogens is 1. The first kappa shape index (κ1) is 17.4. The normalized spacial score (nSPS) is 10.7. The highest BCUT2D eigenvalue weighted by atomic mass is 19.1. The largest absolute Gasteiger partial charge is 0.439 e. The molecule has 1 heterocycles. The lowest BCUT2D eigenvalue weighted by atomic mass is 10.2. The number of pyridine rings is 1. The van der Waals surface area contributed by atoms with Crippen LogP contribution in [0.4, 0.5) is 10.1 Å². The van der Waals surface area contributed by atoms with E-state index in [0.717, 1.165) is 11.1 Å². The average Bonchev–Trinajstić information content (AvgIpc) is 2.65. The lowest BCUT2D eigenvalue weighted by molar-refractivity contribution is -0.111. The highest BCUT2D eigenvalue weighted by molar-refractivity contribution is 6.01. The number of aromatic nitrogens is 1. The molecule has 0 aliphatic heterocycles. The smallest absolute Gasteiger partial charge is 0.248 e. The Morgan fingerprint density at radius 1 is 1.04 bits per heavy atom. The Kier molecular flexibility index (Phi) is 5.39.